The molecule has 0 aliphatic heterocycles. The maximum atomic E-state index is 6.34. The summed E-state index contributed by atoms with van der Waals surface area (Å²) in [7, 11) is 0. The summed E-state index contributed by atoms with van der Waals surface area (Å²) in [5.74, 6) is 0.576. The summed E-state index contributed by atoms with van der Waals surface area (Å²) in [6, 6.07) is 6.45. The van der Waals surface area contributed by atoms with Crippen molar-refractivity contribution in [1.29, 1.82) is 0 Å². The molecular formula is C13H19BrClN. The van der Waals surface area contributed by atoms with E-state index in [0.717, 1.165) is 22.5 Å². The average Bonchev–Trinajstić information content (AvgIpc) is 2.29. The van der Waals surface area contributed by atoms with Crippen molar-refractivity contribution in [3.8, 4) is 0 Å². The predicted molar refractivity (Wildman–Crippen MR) is 75.0 cm³/mol. The van der Waals surface area contributed by atoms with E-state index in [9.17, 15) is 0 Å². The van der Waals surface area contributed by atoms with Crippen LogP contribution in [0.5, 0.6) is 0 Å². The standard InChI is InChI=1S/C13H19BrClN/c1-4-9(3)13(16-5-2)10-7-6-8-11(14)12(10)15/h6-9,13,16H,4-5H2,1-3H3. The molecule has 0 aliphatic carbocycles. The average molecular weight is 305 g/mol. The lowest BCUT2D eigenvalue weighted by molar-refractivity contribution is 0.384. The van der Waals surface area contributed by atoms with E-state index in [0.29, 0.717) is 12.0 Å². The fraction of sp³-hybridized carbons (Fsp3) is 0.538. The molecule has 0 amide bonds. The Balaban J connectivity index is 3.05. The molecule has 0 spiro atoms. The van der Waals surface area contributed by atoms with E-state index in [-0.39, 0.29) is 0 Å². The van der Waals surface area contributed by atoms with Crippen LogP contribution in [-0.2, 0) is 0 Å². The van der Waals surface area contributed by atoms with Crippen molar-refractivity contribution >= 4 is 27.5 Å². The van der Waals surface area contributed by atoms with Gasteiger partial charge >= 0.3 is 0 Å². The molecule has 0 aromatic heterocycles. The first-order valence-electron chi connectivity index (χ1n) is 5.79. The summed E-state index contributed by atoms with van der Waals surface area (Å²) in [6.07, 6.45) is 1.14. The van der Waals surface area contributed by atoms with Crippen molar-refractivity contribution in [2.75, 3.05) is 6.54 Å². The third kappa shape index (κ3) is 3.22. The summed E-state index contributed by atoms with van der Waals surface area (Å²) in [5.41, 5.74) is 1.19. The lowest BCUT2D eigenvalue weighted by Crippen LogP contribution is -2.26. The second-order valence-corrected chi connectivity index (χ2v) is 5.30. The minimum absolute atomic E-state index is 0.333. The van der Waals surface area contributed by atoms with Crippen molar-refractivity contribution in [2.24, 2.45) is 5.92 Å². The van der Waals surface area contributed by atoms with Gasteiger partial charge in [-0.05, 0) is 40.0 Å². The molecule has 1 N–H and O–H groups in total. The largest absolute Gasteiger partial charge is 0.310 e. The highest BCUT2D eigenvalue weighted by molar-refractivity contribution is 9.10. The topological polar surface area (TPSA) is 12.0 Å². The van der Waals surface area contributed by atoms with E-state index in [1.54, 1.807) is 0 Å². The molecule has 0 saturated heterocycles. The molecule has 1 aromatic carbocycles. The van der Waals surface area contributed by atoms with E-state index in [1.165, 1.54) is 5.56 Å². The molecule has 0 bridgehead atoms. The second kappa shape index (κ2) is 6.63. The second-order valence-electron chi connectivity index (χ2n) is 4.06. The first-order valence-corrected chi connectivity index (χ1v) is 6.96. The highest BCUT2D eigenvalue weighted by atomic mass is 79.9. The number of rotatable bonds is 5. The van der Waals surface area contributed by atoms with Gasteiger partial charge in [0, 0.05) is 10.5 Å². The fourth-order valence-corrected chi connectivity index (χ4v) is 2.46. The first kappa shape index (κ1) is 14.0. The molecule has 90 valence electrons. The van der Waals surface area contributed by atoms with Gasteiger partial charge in [-0.1, -0.05) is 50.9 Å². The quantitative estimate of drug-likeness (QED) is 0.824. The molecule has 1 aromatic rings. The van der Waals surface area contributed by atoms with Gasteiger partial charge in [-0.2, -0.15) is 0 Å². The van der Waals surface area contributed by atoms with Gasteiger partial charge in [0.25, 0.3) is 0 Å². The molecule has 2 unspecified atom stereocenters. The number of halogens is 2. The van der Waals surface area contributed by atoms with Crippen LogP contribution in [0, 0.1) is 5.92 Å². The monoisotopic (exact) mass is 303 g/mol. The van der Waals surface area contributed by atoms with Crippen molar-refractivity contribution in [3.63, 3.8) is 0 Å². The van der Waals surface area contributed by atoms with Crippen LogP contribution in [0.4, 0.5) is 0 Å². The highest BCUT2D eigenvalue weighted by Gasteiger charge is 2.20. The third-order valence-electron chi connectivity index (χ3n) is 2.95. The molecule has 16 heavy (non-hydrogen) atoms. The van der Waals surface area contributed by atoms with E-state index < -0.39 is 0 Å². The normalized spacial score (nSPS) is 14.8. The molecule has 1 rings (SSSR count). The zero-order chi connectivity index (χ0) is 12.1. The molecular weight excluding hydrogens is 286 g/mol. The lowest BCUT2D eigenvalue weighted by atomic mass is 9.92. The van der Waals surface area contributed by atoms with Crippen LogP contribution in [-0.4, -0.2) is 6.54 Å². The van der Waals surface area contributed by atoms with Gasteiger partial charge in [-0.15, -0.1) is 0 Å². The molecule has 0 radical (unpaired) electrons. The Bertz CT molecular complexity index is 341. The molecule has 1 nitrogen and oxygen atoms in total. The molecule has 0 aliphatic rings. The van der Waals surface area contributed by atoms with Crippen LogP contribution in [0.15, 0.2) is 22.7 Å². The zero-order valence-corrected chi connectivity index (χ0v) is 12.4. The van der Waals surface area contributed by atoms with Crippen LogP contribution in [0.2, 0.25) is 5.02 Å². The number of hydrogen-bond acceptors (Lipinski definition) is 1. The van der Waals surface area contributed by atoms with Crippen molar-refractivity contribution < 1.29 is 0 Å². The molecule has 0 heterocycles. The van der Waals surface area contributed by atoms with Crippen molar-refractivity contribution in [3.05, 3.63) is 33.3 Å². The smallest absolute Gasteiger partial charge is 0.0595 e. The van der Waals surface area contributed by atoms with E-state index in [2.05, 4.69) is 48.1 Å². The van der Waals surface area contributed by atoms with Gasteiger partial charge < -0.3 is 5.32 Å². The first-order chi connectivity index (χ1) is 7.61. The fourth-order valence-electron chi connectivity index (χ4n) is 1.83. The minimum atomic E-state index is 0.333. The van der Waals surface area contributed by atoms with E-state index in [1.807, 2.05) is 12.1 Å². The SMILES string of the molecule is CCNC(c1cccc(Br)c1Cl)C(C)CC. The van der Waals surface area contributed by atoms with Crippen LogP contribution >= 0.6 is 27.5 Å². The van der Waals surface area contributed by atoms with Crippen LogP contribution in [0.25, 0.3) is 0 Å². The number of benzene rings is 1. The third-order valence-corrected chi connectivity index (χ3v) is 4.26. The van der Waals surface area contributed by atoms with E-state index in [4.69, 9.17) is 11.6 Å². The Hall–Kier alpha value is -0.0500. The lowest BCUT2D eigenvalue weighted by Gasteiger charge is -2.25. The molecule has 0 saturated carbocycles. The van der Waals surface area contributed by atoms with Crippen molar-refractivity contribution in [2.45, 2.75) is 33.2 Å². The van der Waals surface area contributed by atoms with Crippen LogP contribution in [0.1, 0.15) is 38.8 Å². The molecule has 3 heteroatoms. The van der Waals surface area contributed by atoms with Crippen LogP contribution in [0.3, 0.4) is 0 Å². The maximum Gasteiger partial charge on any atom is 0.0595 e. The zero-order valence-electron chi connectivity index (χ0n) is 10.1. The Morgan fingerprint density at radius 1 is 1.38 bits per heavy atom. The van der Waals surface area contributed by atoms with E-state index >= 15 is 0 Å². The number of hydrogen-bond donors (Lipinski definition) is 1. The van der Waals surface area contributed by atoms with Gasteiger partial charge in [0.1, 0.15) is 0 Å². The van der Waals surface area contributed by atoms with Gasteiger partial charge in [0.15, 0.2) is 0 Å². The number of nitrogens with one attached hydrogen (secondary N) is 1. The predicted octanol–water partition coefficient (Wildman–Crippen LogP) is 4.80. The maximum absolute atomic E-state index is 6.34. The Morgan fingerprint density at radius 2 is 2.06 bits per heavy atom. The Kier molecular flexibility index (Phi) is 5.81. The highest BCUT2D eigenvalue weighted by Crippen LogP contribution is 2.34. The summed E-state index contributed by atoms with van der Waals surface area (Å²) >= 11 is 9.81. The Morgan fingerprint density at radius 3 is 2.62 bits per heavy atom. The summed E-state index contributed by atoms with van der Waals surface area (Å²) in [4.78, 5) is 0. The molecule has 2 atom stereocenters. The minimum Gasteiger partial charge on any atom is -0.310 e. The van der Waals surface area contributed by atoms with Gasteiger partial charge in [0.2, 0.25) is 0 Å². The Labute approximate surface area is 112 Å². The van der Waals surface area contributed by atoms with Gasteiger partial charge in [-0.25, -0.2) is 0 Å². The summed E-state index contributed by atoms with van der Waals surface area (Å²) < 4.78 is 0.970. The summed E-state index contributed by atoms with van der Waals surface area (Å²) in [5, 5.41) is 4.34. The molecule has 0 fully saturated rings. The van der Waals surface area contributed by atoms with Crippen LogP contribution < -0.4 is 5.32 Å². The van der Waals surface area contributed by atoms with Crippen molar-refractivity contribution in [1.82, 2.24) is 5.32 Å². The summed E-state index contributed by atoms with van der Waals surface area (Å²) in [6.45, 7) is 7.55. The van der Waals surface area contributed by atoms with Gasteiger partial charge in [0.05, 0.1) is 5.02 Å². The van der Waals surface area contributed by atoms with Gasteiger partial charge in [-0.3, -0.25) is 0 Å².